The quantitative estimate of drug-likeness (QED) is 0.596. The lowest BCUT2D eigenvalue weighted by Gasteiger charge is -2.28. The Morgan fingerprint density at radius 1 is 0.667 bits per heavy atom. The van der Waals surface area contributed by atoms with Gasteiger partial charge in [-0.3, -0.25) is 0 Å². The van der Waals surface area contributed by atoms with Crippen molar-refractivity contribution in [1.82, 2.24) is 0 Å². The highest BCUT2D eigenvalue weighted by Gasteiger charge is 2.49. The first-order valence-corrected chi connectivity index (χ1v) is 7.82. The van der Waals surface area contributed by atoms with E-state index in [-0.39, 0.29) is 10.8 Å². The molecule has 2 aromatic rings. The molecule has 0 heterocycles. The predicted octanol–water partition coefficient (Wildman–Crippen LogP) is 5.49. The number of fused-ring (bicyclic) bond motifs is 4. The van der Waals surface area contributed by atoms with Gasteiger partial charge in [-0.15, -0.1) is 0 Å². The third kappa shape index (κ3) is 1.41. The standard InChI is InChI=1S/C21H22/c1-13-10-11-15-17(12-13)21(4,5)18-14-8-6-7-9-16(14)20(2,3)19(15)18/h6-12H,1-5H3. The molecular formula is C21H22. The Bertz CT molecular complexity index is 801. The molecule has 0 amide bonds. The van der Waals surface area contributed by atoms with Gasteiger partial charge < -0.3 is 0 Å². The first-order valence-electron chi connectivity index (χ1n) is 7.82. The lowest BCUT2D eigenvalue weighted by Crippen LogP contribution is -2.19. The second-order valence-corrected chi connectivity index (χ2v) is 7.59. The van der Waals surface area contributed by atoms with Gasteiger partial charge in [-0.05, 0) is 40.3 Å². The van der Waals surface area contributed by atoms with E-state index in [0.717, 1.165) is 0 Å². The summed E-state index contributed by atoms with van der Waals surface area (Å²) in [5, 5.41) is 0. The highest BCUT2D eigenvalue weighted by atomic mass is 14.5. The van der Waals surface area contributed by atoms with Crippen LogP contribution in [0.15, 0.2) is 42.5 Å². The van der Waals surface area contributed by atoms with Crippen molar-refractivity contribution in [3.05, 3.63) is 70.3 Å². The van der Waals surface area contributed by atoms with E-state index < -0.39 is 0 Å². The zero-order valence-electron chi connectivity index (χ0n) is 13.5. The largest absolute Gasteiger partial charge is 0.0619 e. The molecule has 0 fully saturated rings. The third-order valence-corrected chi connectivity index (χ3v) is 5.49. The van der Waals surface area contributed by atoms with Crippen molar-refractivity contribution >= 4 is 11.1 Å². The second-order valence-electron chi connectivity index (χ2n) is 7.59. The van der Waals surface area contributed by atoms with E-state index in [0.29, 0.717) is 0 Å². The predicted molar refractivity (Wildman–Crippen MR) is 90.5 cm³/mol. The zero-order chi connectivity index (χ0) is 15.0. The molecule has 0 radical (unpaired) electrons. The lowest BCUT2D eigenvalue weighted by molar-refractivity contribution is 0.694. The monoisotopic (exact) mass is 274 g/mol. The van der Waals surface area contributed by atoms with Crippen LogP contribution in [0.5, 0.6) is 0 Å². The van der Waals surface area contributed by atoms with Gasteiger partial charge >= 0.3 is 0 Å². The van der Waals surface area contributed by atoms with Crippen LogP contribution in [0.25, 0.3) is 11.1 Å². The molecular weight excluding hydrogens is 252 g/mol. The lowest BCUT2D eigenvalue weighted by atomic mass is 9.75. The van der Waals surface area contributed by atoms with E-state index in [1.165, 1.54) is 27.8 Å². The van der Waals surface area contributed by atoms with Crippen LogP contribution < -0.4 is 0 Å². The maximum Gasteiger partial charge on any atom is 0.0162 e. The fraction of sp³-hybridized carbons (Fsp3) is 0.333. The van der Waals surface area contributed by atoms with Crippen molar-refractivity contribution in [2.75, 3.05) is 0 Å². The fourth-order valence-electron chi connectivity index (χ4n) is 4.48. The van der Waals surface area contributed by atoms with Crippen LogP contribution in [-0.4, -0.2) is 0 Å². The van der Waals surface area contributed by atoms with Crippen LogP contribution in [0.3, 0.4) is 0 Å². The minimum Gasteiger partial charge on any atom is -0.0619 e. The zero-order valence-corrected chi connectivity index (χ0v) is 13.5. The van der Waals surface area contributed by atoms with Gasteiger partial charge in [-0.25, -0.2) is 0 Å². The molecule has 0 atom stereocenters. The average Bonchev–Trinajstić information content (AvgIpc) is 2.81. The highest BCUT2D eigenvalue weighted by Crippen LogP contribution is 2.62. The first-order chi connectivity index (χ1) is 9.85. The summed E-state index contributed by atoms with van der Waals surface area (Å²) >= 11 is 0. The van der Waals surface area contributed by atoms with Gasteiger partial charge in [-0.1, -0.05) is 75.7 Å². The van der Waals surface area contributed by atoms with Gasteiger partial charge in [0.05, 0.1) is 0 Å². The Kier molecular flexibility index (Phi) is 2.26. The molecule has 2 aliphatic carbocycles. The van der Waals surface area contributed by atoms with Crippen LogP contribution >= 0.6 is 0 Å². The summed E-state index contributed by atoms with van der Waals surface area (Å²) in [4.78, 5) is 0. The Labute approximate surface area is 127 Å². The van der Waals surface area contributed by atoms with Crippen molar-refractivity contribution in [3.8, 4) is 0 Å². The maximum atomic E-state index is 2.38. The van der Waals surface area contributed by atoms with Crippen LogP contribution in [0, 0.1) is 6.92 Å². The molecule has 0 saturated heterocycles. The Hall–Kier alpha value is -1.82. The summed E-state index contributed by atoms with van der Waals surface area (Å²) in [6.45, 7) is 11.7. The fourth-order valence-corrected chi connectivity index (χ4v) is 4.48. The average molecular weight is 274 g/mol. The number of benzene rings is 2. The molecule has 0 bridgehead atoms. The van der Waals surface area contributed by atoms with Crippen LogP contribution in [0.2, 0.25) is 0 Å². The number of hydrogen-bond acceptors (Lipinski definition) is 0. The molecule has 0 heteroatoms. The third-order valence-electron chi connectivity index (χ3n) is 5.49. The minimum absolute atomic E-state index is 0.0978. The molecule has 2 aromatic carbocycles. The van der Waals surface area contributed by atoms with Gasteiger partial charge in [-0.2, -0.15) is 0 Å². The van der Waals surface area contributed by atoms with Crippen LogP contribution in [0.1, 0.15) is 55.5 Å². The molecule has 0 unspecified atom stereocenters. The van der Waals surface area contributed by atoms with Gasteiger partial charge in [0.15, 0.2) is 0 Å². The van der Waals surface area contributed by atoms with Crippen molar-refractivity contribution in [2.45, 2.75) is 45.4 Å². The normalized spacial score (nSPS) is 20.2. The number of rotatable bonds is 0. The van der Waals surface area contributed by atoms with Crippen molar-refractivity contribution in [1.29, 1.82) is 0 Å². The van der Waals surface area contributed by atoms with E-state index in [9.17, 15) is 0 Å². The number of allylic oxidation sites excluding steroid dienone is 2. The van der Waals surface area contributed by atoms with Gasteiger partial charge in [0.1, 0.15) is 0 Å². The van der Waals surface area contributed by atoms with Crippen LogP contribution in [0.4, 0.5) is 0 Å². The van der Waals surface area contributed by atoms with E-state index in [1.54, 1.807) is 11.1 Å². The smallest absolute Gasteiger partial charge is 0.0162 e. The SMILES string of the molecule is Cc1ccc2c(c1)C(C)(C)C1=C2C(C)(C)c2ccccc21. The van der Waals surface area contributed by atoms with E-state index >= 15 is 0 Å². The maximum absolute atomic E-state index is 2.38. The minimum atomic E-state index is 0.0978. The van der Waals surface area contributed by atoms with E-state index in [1.807, 2.05) is 0 Å². The Morgan fingerprint density at radius 2 is 1.24 bits per heavy atom. The van der Waals surface area contributed by atoms with E-state index in [2.05, 4.69) is 77.1 Å². The van der Waals surface area contributed by atoms with Gasteiger partial charge in [0, 0.05) is 10.8 Å². The molecule has 0 N–H and O–H groups in total. The topological polar surface area (TPSA) is 0 Å². The van der Waals surface area contributed by atoms with Gasteiger partial charge in [0.25, 0.3) is 0 Å². The first kappa shape index (κ1) is 12.9. The summed E-state index contributed by atoms with van der Waals surface area (Å²) in [5.41, 5.74) is 10.5. The second kappa shape index (κ2) is 3.68. The summed E-state index contributed by atoms with van der Waals surface area (Å²) in [6, 6.07) is 15.9. The molecule has 0 nitrogen and oxygen atoms in total. The highest BCUT2D eigenvalue weighted by molar-refractivity contribution is 6.09. The van der Waals surface area contributed by atoms with Crippen molar-refractivity contribution < 1.29 is 0 Å². The molecule has 2 aliphatic rings. The number of hydrogen-bond donors (Lipinski definition) is 0. The Morgan fingerprint density at radius 3 is 1.95 bits per heavy atom. The van der Waals surface area contributed by atoms with E-state index in [4.69, 9.17) is 0 Å². The van der Waals surface area contributed by atoms with Crippen molar-refractivity contribution in [3.63, 3.8) is 0 Å². The summed E-state index contributed by atoms with van der Waals surface area (Å²) in [5.74, 6) is 0. The number of aryl methyl sites for hydroxylation is 1. The summed E-state index contributed by atoms with van der Waals surface area (Å²) in [6.07, 6.45) is 0. The molecule has 21 heavy (non-hydrogen) atoms. The molecule has 106 valence electrons. The molecule has 0 aromatic heterocycles. The molecule has 0 saturated carbocycles. The Balaban J connectivity index is 2.11. The van der Waals surface area contributed by atoms with Crippen LogP contribution in [-0.2, 0) is 10.8 Å². The van der Waals surface area contributed by atoms with Gasteiger partial charge in [0.2, 0.25) is 0 Å². The molecule has 4 rings (SSSR count). The summed E-state index contributed by atoms with van der Waals surface area (Å²) in [7, 11) is 0. The summed E-state index contributed by atoms with van der Waals surface area (Å²) < 4.78 is 0. The molecule has 0 spiro atoms. The van der Waals surface area contributed by atoms with Crippen molar-refractivity contribution in [2.24, 2.45) is 0 Å². The molecule has 0 aliphatic heterocycles.